The first kappa shape index (κ1) is 18.0. The van der Waals surface area contributed by atoms with Gasteiger partial charge in [0.2, 0.25) is 5.91 Å². The molecule has 0 bridgehead atoms. The number of amides is 3. The van der Waals surface area contributed by atoms with Crippen molar-refractivity contribution in [2.45, 2.75) is 38.8 Å². The zero-order valence-electron chi connectivity index (χ0n) is 15.7. The zero-order valence-corrected chi connectivity index (χ0v) is 16.5. The Balaban J connectivity index is 1.34. The maximum Gasteiger partial charge on any atom is 0.322 e. The van der Waals surface area contributed by atoms with Gasteiger partial charge >= 0.3 is 6.03 Å². The Kier molecular flexibility index (Phi) is 4.67. The van der Waals surface area contributed by atoms with Crippen LogP contribution < -0.4 is 5.32 Å². The third kappa shape index (κ3) is 3.58. The number of carbonyl (C=O) groups excluding carboxylic acids is 2. The van der Waals surface area contributed by atoms with Crippen molar-refractivity contribution in [3.05, 3.63) is 34.7 Å². The summed E-state index contributed by atoms with van der Waals surface area (Å²) in [6.45, 7) is 3.81. The Hall–Kier alpha value is -2.35. The molecule has 3 amide bonds. The van der Waals surface area contributed by atoms with Crippen molar-refractivity contribution >= 4 is 29.1 Å². The Morgan fingerprint density at radius 1 is 1.37 bits per heavy atom. The standard InChI is InChI=1S/C19H25N5O2S/c1-14(25)24(12-15-4-10-27-13-15)16-11-19(16)5-8-23(9-6-19)18(26)21-17-3-7-20-22(17)2/h3-4,7,10,13,16H,5-6,8-9,11-12H2,1-2H3,(H,21,26)/t16-/m0/s1. The number of anilines is 1. The van der Waals surface area contributed by atoms with Crippen LogP contribution in [0.1, 0.15) is 31.7 Å². The molecule has 7 nitrogen and oxygen atoms in total. The second-order valence-corrected chi connectivity index (χ2v) is 8.40. The van der Waals surface area contributed by atoms with Crippen LogP contribution in [0.15, 0.2) is 29.1 Å². The SMILES string of the molecule is CC(=O)N(Cc1ccsc1)[C@H]1CC12CCN(C(=O)Nc1ccnn1C)CC2. The highest BCUT2D eigenvalue weighted by molar-refractivity contribution is 7.07. The minimum absolute atomic E-state index is 0.0765. The van der Waals surface area contributed by atoms with E-state index in [4.69, 9.17) is 0 Å². The molecule has 0 aromatic carbocycles. The van der Waals surface area contributed by atoms with Crippen molar-refractivity contribution in [1.29, 1.82) is 0 Å². The number of nitrogens with one attached hydrogen (secondary N) is 1. The van der Waals surface area contributed by atoms with E-state index in [-0.39, 0.29) is 17.4 Å². The number of hydrogen-bond donors (Lipinski definition) is 1. The maximum atomic E-state index is 12.5. The van der Waals surface area contributed by atoms with Crippen LogP contribution in [0, 0.1) is 5.41 Å². The molecule has 27 heavy (non-hydrogen) atoms. The molecule has 1 aliphatic heterocycles. The summed E-state index contributed by atoms with van der Waals surface area (Å²) in [5.41, 5.74) is 1.38. The number of piperidine rings is 1. The van der Waals surface area contributed by atoms with Crippen molar-refractivity contribution < 1.29 is 9.59 Å². The minimum Gasteiger partial charge on any atom is -0.335 e. The van der Waals surface area contributed by atoms with E-state index >= 15 is 0 Å². The highest BCUT2D eigenvalue weighted by atomic mass is 32.1. The summed E-state index contributed by atoms with van der Waals surface area (Å²) in [5, 5.41) is 11.1. The van der Waals surface area contributed by atoms with Gasteiger partial charge in [-0.25, -0.2) is 4.79 Å². The number of rotatable bonds is 4. The van der Waals surface area contributed by atoms with Gasteiger partial charge in [0.1, 0.15) is 5.82 Å². The Morgan fingerprint density at radius 3 is 2.74 bits per heavy atom. The normalized spacial score (nSPS) is 20.5. The molecule has 8 heteroatoms. The highest BCUT2D eigenvalue weighted by Crippen LogP contribution is 2.57. The summed E-state index contributed by atoms with van der Waals surface area (Å²) in [6, 6.07) is 4.10. The fourth-order valence-electron chi connectivity index (χ4n) is 4.16. The van der Waals surface area contributed by atoms with Crippen LogP contribution in [0.3, 0.4) is 0 Å². The summed E-state index contributed by atoms with van der Waals surface area (Å²) in [4.78, 5) is 28.6. The lowest BCUT2D eigenvalue weighted by molar-refractivity contribution is -0.130. The van der Waals surface area contributed by atoms with Crippen molar-refractivity contribution in [2.75, 3.05) is 18.4 Å². The summed E-state index contributed by atoms with van der Waals surface area (Å²) >= 11 is 1.66. The fourth-order valence-corrected chi connectivity index (χ4v) is 4.82. The summed E-state index contributed by atoms with van der Waals surface area (Å²) in [6.07, 6.45) is 4.61. The smallest absolute Gasteiger partial charge is 0.322 e. The minimum atomic E-state index is -0.0765. The fraction of sp³-hybridized carbons (Fsp3) is 0.526. The molecule has 1 aliphatic carbocycles. The van der Waals surface area contributed by atoms with E-state index in [1.165, 1.54) is 5.56 Å². The van der Waals surface area contributed by atoms with Gasteiger partial charge in [-0.05, 0) is 47.1 Å². The quantitative estimate of drug-likeness (QED) is 0.877. The third-order valence-corrected chi connectivity index (χ3v) is 6.69. The number of likely N-dealkylation sites (tertiary alicyclic amines) is 1. The van der Waals surface area contributed by atoms with E-state index in [2.05, 4.69) is 27.2 Å². The number of aromatic nitrogens is 2. The summed E-state index contributed by atoms with van der Waals surface area (Å²) in [5.74, 6) is 0.836. The maximum absolute atomic E-state index is 12.5. The van der Waals surface area contributed by atoms with Gasteiger partial charge in [0.15, 0.2) is 0 Å². The number of hydrogen-bond acceptors (Lipinski definition) is 4. The first-order valence-electron chi connectivity index (χ1n) is 9.31. The Bertz CT molecular complexity index is 823. The molecule has 0 unspecified atom stereocenters. The molecule has 4 rings (SSSR count). The molecule has 2 fully saturated rings. The molecule has 2 aromatic rings. The van der Waals surface area contributed by atoms with E-state index < -0.39 is 0 Å². The first-order chi connectivity index (χ1) is 13.0. The van der Waals surface area contributed by atoms with Gasteiger partial charge < -0.3 is 9.80 Å². The molecular weight excluding hydrogens is 362 g/mol. The molecule has 1 N–H and O–H groups in total. The van der Waals surface area contributed by atoms with Gasteiger partial charge in [0.25, 0.3) is 0 Å². The van der Waals surface area contributed by atoms with Crippen molar-refractivity contribution in [1.82, 2.24) is 19.6 Å². The molecule has 0 radical (unpaired) electrons. The second kappa shape index (κ2) is 6.99. The molecule has 2 aromatic heterocycles. The predicted octanol–water partition coefficient (Wildman–Crippen LogP) is 2.92. The monoisotopic (exact) mass is 387 g/mol. The van der Waals surface area contributed by atoms with E-state index in [0.29, 0.717) is 18.4 Å². The first-order valence-corrected chi connectivity index (χ1v) is 10.2. The second-order valence-electron chi connectivity index (χ2n) is 7.62. The van der Waals surface area contributed by atoms with Gasteiger partial charge in [-0.1, -0.05) is 0 Å². The van der Waals surface area contributed by atoms with Crippen LogP contribution in [-0.4, -0.2) is 50.6 Å². The van der Waals surface area contributed by atoms with Crippen molar-refractivity contribution in [2.24, 2.45) is 12.5 Å². The van der Waals surface area contributed by atoms with E-state index in [0.717, 1.165) is 32.4 Å². The van der Waals surface area contributed by atoms with Crippen LogP contribution >= 0.6 is 11.3 Å². The van der Waals surface area contributed by atoms with E-state index in [1.54, 1.807) is 42.3 Å². The lowest BCUT2D eigenvalue weighted by atomic mass is 9.92. The van der Waals surface area contributed by atoms with Gasteiger partial charge in [0, 0.05) is 45.7 Å². The largest absolute Gasteiger partial charge is 0.335 e. The average molecular weight is 388 g/mol. The molecule has 1 saturated heterocycles. The number of carbonyl (C=O) groups is 2. The summed E-state index contributed by atoms with van der Waals surface area (Å²) in [7, 11) is 1.80. The van der Waals surface area contributed by atoms with Crippen LogP contribution in [0.5, 0.6) is 0 Å². The Labute approximate surface area is 162 Å². The van der Waals surface area contributed by atoms with Crippen LogP contribution in [0.2, 0.25) is 0 Å². The van der Waals surface area contributed by atoms with Crippen LogP contribution in [0.4, 0.5) is 10.6 Å². The third-order valence-electron chi connectivity index (χ3n) is 5.96. The molecule has 1 saturated carbocycles. The lowest BCUT2D eigenvalue weighted by Gasteiger charge is -2.34. The number of urea groups is 1. The van der Waals surface area contributed by atoms with Crippen molar-refractivity contribution in [3.63, 3.8) is 0 Å². The van der Waals surface area contributed by atoms with Gasteiger partial charge in [0.05, 0.1) is 6.20 Å². The Morgan fingerprint density at radius 2 is 2.15 bits per heavy atom. The van der Waals surface area contributed by atoms with Crippen LogP contribution in [0.25, 0.3) is 0 Å². The van der Waals surface area contributed by atoms with Crippen molar-refractivity contribution in [3.8, 4) is 0 Å². The molecule has 1 spiro atoms. The average Bonchev–Trinajstić information content (AvgIpc) is 3.00. The van der Waals surface area contributed by atoms with Gasteiger partial charge in [-0.2, -0.15) is 16.4 Å². The number of thiophene rings is 1. The number of aryl methyl sites for hydroxylation is 1. The van der Waals surface area contributed by atoms with Crippen LogP contribution in [-0.2, 0) is 18.4 Å². The summed E-state index contributed by atoms with van der Waals surface area (Å²) < 4.78 is 1.65. The molecule has 144 valence electrons. The lowest BCUT2D eigenvalue weighted by Crippen LogP contribution is -2.44. The molecule has 2 aliphatic rings. The zero-order chi connectivity index (χ0) is 19.0. The van der Waals surface area contributed by atoms with Gasteiger partial charge in [-0.3, -0.25) is 14.8 Å². The van der Waals surface area contributed by atoms with E-state index in [9.17, 15) is 9.59 Å². The topological polar surface area (TPSA) is 70.5 Å². The van der Waals surface area contributed by atoms with Gasteiger partial charge in [-0.15, -0.1) is 0 Å². The molecule has 3 heterocycles. The van der Waals surface area contributed by atoms with E-state index in [1.807, 2.05) is 9.80 Å². The highest BCUT2D eigenvalue weighted by Gasteiger charge is 2.58. The number of nitrogens with zero attached hydrogens (tertiary/aromatic N) is 4. The molecular formula is C19H25N5O2S. The molecule has 1 atom stereocenters. The predicted molar refractivity (Wildman–Crippen MR) is 104 cm³/mol.